The second-order valence-corrected chi connectivity index (χ2v) is 6.44. The number of aliphatic hydroxyl groups is 1. The molecule has 0 spiro atoms. The van der Waals surface area contributed by atoms with Crippen molar-refractivity contribution in [1.29, 1.82) is 0 Å². The van der Waals surface area contributed by atoms with Gasteiger partial charge in [0.2, 0.25) is 5.43 Å². The average Bonchev–Trinajstić information content (AvgIpc) is 2.48. The second-order valence-electron chi connectivity index (χ2n) is 6.44. The first-order valence-corrected chi connectivity index (χ1v) is 7.46. The maximum atomic E-state index is 12.7. The zero-order valence-electron chi connectivity index (χ0n) is 12.8. The van der Waals surface area contributed by atoms with E-state index in [0.29, 0.717) is 28.7 Å². The van der Waals surface area contributed by atoms with Crippen LogP contribution in [0.15, 0.2) is 39.5 Å². The third-order valence-electron chi connectivity index (χ3n) is 4.46. The Morgan fingerprint density at radius 1 is 1.22 bits per heavy atom. The van der Waals surface area contributed by atoms with Gasteiger partial charge in [0.25, 0.3) is 0 Å². The predicted molar refractivity (Wildman–Crippen MR) is 86.1 cm³/mol. The summed E-state index contributed by atoms with van der Waals surface area (Å²) in [6.45, 7) is 3.59. The third-order valence-corrected chi connectivity index (χ3v) is 4.46. The van der Waals surface area contributed by atoms with Gasteiger partial charge in [-0.1, -0.05) is 12.1 Å². The van der Waals surface area contributed by atoms with Crippen molar-refractivity contribution in [3.8, 4) is 11.5 Å². The summed E-state index contributed by atoms with van der Waals surface area (Å²) in [5, 5.41) is 20.6. The van der Waals surface area contributed by atoms with E-state index in [0.717, 1.165) is 5.56 Å². The van der Waals surface area contributed by atoms with Gasteiger partial charge in [0, 0.05) is 12.0 Å². The molecule has 1 atom stereocenters. The van der Waals surface area contributed by atoms with Crippen LogP contribution in [0.4, 0.5) is 0 Å². The fraction of sp³-hybridized carbons (Fsp3) is 0.278. The molecule has 23 heavy (non-hydrogen) atoms. The summed E-state index contributed by atoms with van der Waals surface area (Å²) in [6, 6.07) is 8.13. The van der Waals surface area contributed by atoms with Crippen molar-refractivity contribution < 1.29 is 19.4 Å². The molecule has 2 N–H and O–H groups in total. The first-order valence-electron chi connectivity index (χ1n) is 7.46. The molecule has 0 radical (unpaired) electrons. The molecule has 5 heteroatoms. The molecule has 0 saturated heterocycles. The van der Waals surface area contributed by atoms with Crippen molar-refractivity contribution >= 4 is 21.9 Å². The topological polar surface area (TPSA) is 79.9 Å². The first kappa shape index (κ1) is 14.1. The van der Waals surface area contributed by atoms with Crippen LogP contribution < -0.4 is 10.2 Å². The molecule has 5 nitrogen and oxygen atoms in total. The smallest absolute Gasteiger partial charge is 0.204 e. The highest BCUT2D eigenvalue weighted by Gasteiger charge is 2.37. The molecule has 2 aromatic carbocycles. The molecule has 1 unspecified atom stereocenters. The Kier molecular flexibility index (Phi) is 2.75. The molecule has 1 aliphatic rings. The van der Waals surface area contributed by atoms with E-state index in [1.165, 1.54) is 6.07 Å². The van der Waals surface area contributed by atoms with Gasteiger partial charge in [-0.2, -0.15) is 0 Å². The lowest BCUT2D eigenvalue weighted by Crippen LogP contribution is -2.46. The van der Waals surface area contributed by atoms with Crippen molar-refractivity contribution in [2.45, 2.75) is 32.0 Å². The van der Waals surface area contributed by atoms with E-state index in [9.17, 15) is 15.0 Å². The molecule has 0 amide bonds. The Bertz CT molecular complexity index is 1000. The standard InChI is InChI=1S/C18H16O5/c1-18(2)13(20)8-9-6-7-10-15(21)14-11(19)4-3-5-12(14)22-17(10)16(9)23-18/h3-7,13,19-20H,8H2,1-2H3. The van der Waals surface area contributed by atoms with E-state index >= 15 is 0 Å². The van der Waals surface area contributed by atoms with Gasteiger partial charge in [-0.15, -0.1) is 0 Å². The van der Waals surface area contributed by atoms with Crippen LogP contribution in [-0.2, 0) is 6.42 Å². The summed E-state index contributed by atoms with van der Waals surface area (Å²) in [5.41, 5.74) is 0.392. The lowest BCUT2D eigenvalue weighted by Gasteiger charge is -2.37. The number of aromatic hydroxyl groups is 1. The Hall–Kier alpha value is -2.53. The maximum absolute atomic E-state index is 12.7. The van der Waals surface area contributed by atoms with Gasteiger partial charge in [0.15, 0.2) is 11.3 Å². The summed E-state index contributed by atoms with van der Waals surface area (Å²) in [7, 11) is 0. The molecular formula is C18H16O5. The molecule has 3 aromatic rings. The largest absolute Gasteiger partial charge is 0.507 e. The zero-order chi connectivity index (χ0) is 16.4. The van der Waals surface area contributed by atoms with Crippen LogP contribution in [0.3, 0.4) is 0 Å². The first-order chi connectivity index (χ1) is 10.9. The number of fused-ring (bicyclic) bond motifs is 4. The minimum Gasteiger partial charge on any atom is -0.507 e. The molecule has 118 valence electrons. The van der Waals surface area contributed by atoms with E-state index in [4.69, 9.17) is 9.15 Å². The number of ether oxygens (including phenoxy) is 1. The molecule has 1 aliphatic heterocycles. The summed E-state index contributed by atoms with van der Waals surface area (Å²) < 4.78 is 11.8. The van der Waals surface area contributed by atoms with Crippen molar-refractivity contribution in [2.24, 2.45) is 0 Å². The van der Waals surface area contributed by atoms with Crippen LogP contribution in [0.25, 0.3) is 21.9 Å². The van der Waals surface area contributed by atoms with Gasteiger partial charge in [-0.25, -0.2) is 0 Å². The zero-order valence-corrected chi connectivity index (χ0v) is 12.8. The molecule has 0 bridgehead atoms. The van der Waals surface area contributed by atoms with Gasteiger partial charge < -0.3 is 19.4 Å². The number of aliphatic hydroxyl groups excluding tert-OH is 1. The highest BCUT2D eigenvalue weighted by Crippen LogP contribution is 2.39. The fourth-order valence-electron chi connectivity index (χ4n) is 3.02. The van der Waals surface area contributed by atoms with Crippen molar-refractivity contribution in [1.82, 2.24) is 0 Å². The monoisotopic (exact) mass is 312 g/mol. The molecule has 2 heterocycles. The number of rotatable bonds is 0. The number of hydrogen-bond acceptors (Lipinski definition) is 5. The predicted octanol–water partition coefficient (Wildman–Crippen LogP) is 2.73. The average molecular weight is 312 g/mol. The Balaban J connectivity index is 2.12. The van der Waals surface area contributed by atoms with Crippen LogP contribution in [0.1, 0.15) is 19.4 Å². The van der Waals surface area contributed by atoms with Crippen LogP contribution in [0, 0.1) is 0 Å². The summed E-state index contributed by atoms with van der Waals surface area (Å²) >= 11 is 0. The summed E-state index contributed by atoms with van der Waals surface area (Å²) in [4.78, 5) is 12.7. The molecule has 0 fully saturated rings. The minimum atomic E-state index is -0.770. The maximum Gasteiger partial charge on any atom is 0.204 e. The highest BCUT2D eigenvalue weighted by atomic mass is 16.5. The van der Waals surface area contributed by atoms with Crippen LogP contribution in [0.5, 0.6) is 11.5 Å². The second kappa shape index (κ2) is 4.49. The van der Waals surface area contributed by atoms with Gasteiger partial charge in [0.05, 0.1) is 11.5 Å². The molecule has 1 aromatic heterocycles. The summed E-state index contributed by atoms with van der Waals surface area (Å²) in [6.07, 6.45) is -0.205. The summed E-state index contributed by atoms with van der Waals surface area (Å²) in [5.74, 6) is 0.382. The van der Waals surface area contributed by atoms with Crippen molar-refractivity contribution in [2.75, 3.05) is 0 Å². The number of phenols is 1. The molecular weight excluding hydrogens is 296 g/mol. The SMILES string of the molecule is CC1(C)Oc2c(ccc3c(=O)c4c(O)cccc4oc23)CC1O. The molecule has 0 aliphatic carbocycles. The van der Waals surface area contributed by atoms with Gasteiger partial charge >= 0.3 is 0 Å². The third kappa shape index (κ3) is 1.93. The van der Waals surface area contributed by atoms with Crippen LogP contribution >= 0.6 is 0 Å². The van der Waals surface area contributed by atoms with E-state index < -0.39 is 11.7 Å². The number of hydrogen-bond donors (Lipinski definition) is 2. The molecule has 0 saturated carbocycles. The molecule has 4 rings (SSSR count). The van der Waals surface area contributed by atoms with E-state index in [1.807, 2.05) is 0 Å². The highest BCUT2D eigenvalue weighted by molar-refractivity contribution is 5.95. The van der Waals surface area contributed by atoms with Crippen LogP contribution in [0.2, 0.25) is 0 Å². The van der Waals surface area contributed by atoms with Gasteiger partial charge in [-0.3, -0.25) is 4.79 Å². The minimum absolute atomic E-state index is 0.104. The Morgan fingerprint density at radius 2 is 2.00 bits per heavy atom. The van der Waals surface area contributed by atoms with Crippen molar-refractivity contribution in [3.63, 3.8) is 0 Å². The Labute approximate surface area is 131 Å². The van der Waals surface area contributed by atoms with E-state index in [-0.39, 0.29) is 16.6 Å². The number of benzene rings is 2. The van der Waals surface area contributed by atoms with Gasteiger partial charge in [0.1, 0.15) is 22.3 Å². The van der Waals surface area contributed by atoms with E-state index in [2.05, 4.69) is 0 Å². The van der Waals surface area contributed by atoms with Crippen molar-refractivity contribution in [3.05, 3.63) is 46.1 Å². The lowest BCUT2D eigenvalue weighted by atomic mass is 9.90. The lowest BCUT2D eigenvalue weighted by molar-refractivity contribution is -0.0406. The Morgan fingerprint density at radius 3 is 2.78 bits per heavy atom. The number of phenolic OH excluding ortho intramolecular Hbond substituents is 1. The normalized spacial score (nSPS) is 19.5. The van der Waals surface area contributed by atoms with E-state index in [1.54, 1.807) is 38.1 Å². The van der Waals surface area contributed by atoms with Gasteiger partial charge in [-0.05, 0) is 32.0 Å². The van der Waals surface area contributed by atoms with Crippen LogP contribution in [-0.4, -0.2) is 21.9 Å². The quantitative estimate of drug-likeness (QED) is 0.624. The fourth-order valence-corrected chi connectivity index (χ4v) is 3.02.